The average Bonchev–Trinajstić information content (AvgIpc) is 3.35. The van der Waals surface area contributed by atoms with Gasteiger partial charge in [0.25, 0.3) is 0 Å². The molecule has 1 atom stereocenters. The van der Waals surface area contributed by atoms with Crippen molar-refractivity contribution >= 4 is 34.6 Å². The number of aliphatic carboxylic acids is 1. The molecule has 1 amide bonds. The van der Waals surface area contributed by atoms with Gasteiger partial charge in [0, 0.05) is 34.5 Å². The first-order valence-electron chi connectivity index (χ1n) is 10.6. The molecule has 1 aromatic heterocycles. The first-order valence-corrected chi connectivity index (χ1v) is 11.0. The van der Waals surface area contributed by atoms with Crippen molar-refractivity contribution in [1.29, 1.82) is 0 Å². The van der Waals surface area contributed by atoms with Crippen LogP contribution in [-0.4, -0.2) is 34.8 Å². The number of alkyl carbamates (subject to hydrolysis) is 1. The summed E-state index contributed by atoms with van der Waals surface area (Å²) in [4.78, 5) is 27.5. The fourth-order valence-electron chi connectivity index (χ4n) is 4.52. The lowest BCUT2D eigenvalue weighted by Gasteiger charge is -2.17. The number of carboxylic acid groups (broad SMARTS) is 1. The Balaban J connectivity index is 1.29. The minimum atomic E-state index is -1.14. The van der Waals surface area contributed by atoms with Crippen LogP contribution in [-0.2, 0) is 16.0 Å². The average molecular weight is 461 g/mol. The summed E-state index contributed by atoms with van der Waals surface area (Å²) in [7, 11) is 0. The van der Waals surface area contributed by atoms with E-state index in [0.29, 0.717) is 5.02 Å². The third-order valence-corrected chi connectivity index (χ3v) is 6.32. The topological polar surface area (TPSA) is 91.4 Å². The van der Waals surface area contributed by atoms with E-state index >= 15 is 0 Å². The van der Waals surface area contributed by atoms with Gasteiger partial charge in [-0.25, -0.2) is 9.59 Å². The molecule has 0 aliphatic heterocycles. The van der Waals surface area contributed by atoms with Crippen LogP contribution in [0.2, 0.25) is 5.02 Å². The standard InChI is InChI=1S/C26H21ClN2O4/c27-16-9-10-23-21(12-16)15(13-28-23)11-24(25(30)31)29-26(32)33-14-22-19-7-3-1-5-17(19)18-6-2-4-8-20(18)22/h1-10,12-13,22,24,28H,11,14H2,(H,29,32)(H,30,31)/t24-/m0/s1. The molecule has 166 valence electrons. The number of carboxylic acids is 1. The zero-order chi connectivity index (χ0) is 22.9. The number of carbonyl (C=O) groups excluding carboxylic acids is 1. The minimum absolute atomic E-state index is 0.0952. The van der Waals surface area contributed by atoms with Crippen LogP contribution in [0.15, 0.2) is 72.9 Å². The van der Waals surface area contributed by atoms with E-state index in [-0.39, 0.29) is 18.9 Å². The number of fused-ring (bicyclic) bond motifs is 4. The molecule has 0 spiro atoms. The lowest BCUT2D eigenvalue weighted by atomic mass is 9.98. The molecule has 1 heterocycles. The Morgan fingerprint density at radius 3 is 2.36 bits per heavy atom. The number of hydrogen-bond donors (Lipinski definition) is 3. The zero-order valence-corrected chi connectivity index (χ0v) is 18.3. The maximum Gasteiger partial charge on any atom is 0.407 e. The predicted octanol–water partition coefficient (Wildman–Crippen LogP) is 5.36. The minimum Gasteiger partial charge on any atom is -0.480 e. The Bertz CT molecular complexity index is 1320. The van der Waals surface area contributed by atoms with Gasteiger partial charge in [0.2, 0.25) is 0 Å². The van der Waals surface area contributed by atoms with Gasteiger partial charge >= 0.3 is 12.1 Å². The Kier molecular flexibility index (Phi) is 5.52. The summed E-state index contributed by atoms with van der Waals surface area (Å²) in [6.45, 7) is 0.120. The summed E-state index contributed by atoms with van der Waals surface area (Å²) in [5.74, 6) is -1.23. The van der Waals surface area contributed by atoms with E-state index in [4.69, 9.17) is 16.3 Å². The fraction of sp³-hybridized carbons (Fsp3) is 0.154. The lowest BCUT2D eigenvalue weighted by molar-refractivity contribution is -0.139. The molecule has 4 aromatic rings. The molecule has 0 saturated carbocycles. The molecule has 0 saturated heterocycles. The van der Waals surface area contributed by atoms with E-state index in [0.717, 1.165) is 38.7 Å². The SMILES string of the molecule is O=C(N[C@@H](Cc1c[nH]c2ccc(Cl)cc12)C(=O)O)OCC1c2ccccc2-c2ccccc21. The molecule has 7 heteroatoms. The van der Waals surface area contributed by atoms with Gasteiger partial charge in [-0.2, -0.15) is 0 Å². The maximum atomic E-state index is 12.6. The van der Waals surface area contributed by atoms with E-state index in [1.54, 1.807) is 18.3 Å². The molecule has 0 unspecified atom stereocenters. The highest BCUT2D eigenvalue weighted by molar-refractivity contribution is 6.31. The lowest BCUT2D eigenvalue weighted by Crippen LogP contribution is -2.42. The molecule has 0 fully saturated rings. The van der Waals surface area contributed by atoms with E-state index in [2.05, 4.69) is 22.4 Å². The first kappa shape index (κ1) is 21.1. The third kappa shape index (κ3) is 4.05. The summed E-state index contributed by atoms with van der Waals surface area (Å²) >= 11 is 6.09. The molecule has 0 radical (unpaired) electrons. The van der Waals surface area contributed by atoms with Crippen LogP contribution in [0.25, 0.3) is 22.0 Å². The summed E-state index contributed by atoms with van der Waals surface area (Å²) in [6.07, 6.45) is 1.07. The normalized spacial score (nSPS) is 13.4. The van der Waals surface area contributed by atoms with Gasteiger partial charge in [0.1, 0.15) is 12.6 Å². The van der Waals surface area contributed by atoms with Crippen molar-refractivity contribution in [2.24, 2.45) is 0 Å². The predicted molar refractivity (Wildman–Crippen MR) is 127 cm³/mol. The quantitative estimate of drug-likeness (QED) is 0.361. The van der Waals surface area contributed by atoms with Crippen LogP contribution in [0.5, 0.6) is 0 Å². The monoisotopic (exact) mass is 460 g/mol. The molecule has 5 rings (SSSR count). The molecule has 3 N–H and O–H groups in total. The molecular weight excluding hydrogens is 440 g/mol. The highest BCUT2D eigenvalue weighted by Gasteiger charge is 2.30. The summed E-state index contributed by atoms with van der Waals surface area (Å²) in [5, 5.41) is 13.6. The van der Waals surface area contributed by atoms with E-state index in [9.17, 15) is 14.7 Å². The number of H-pyrrole nitrogens is 1. The van der Waals surface area contributed by atoms with Gasteiger partial charge in [0.15, 0.2) is 0 Å². The van der Waals surface area contributed by atoms with Crippen molar-refractivity contribution in [1.82, 2.24) is 10.3 Å². The van der Waals surface area contributed by atoms with Crippen molar-refractivity contribution in [2.75, 3.05) is 6.61 Å². The molecule has 33 heavy (non-hydrogen) atoms. The molecule has 1 aliphatic rings. The number of aromatic amines is 1. The largest absolute Gasteiger partial charge is 0.480 e. The van der Waals surface area contributed by atoms with Gasteiger partial charge in [-0.15, -0.1) is 0 Å². The second-order valence-corrected chi connectivity index (χ2v) is 8.51. The highest BCUT2D eigenvalue weighted by Crippen LogP contribution is 2.44. The van der Waals surface area contributed by atoms with Crippen LogP contribution in [0.4, 0.5) is 4.79 Å². The van der Waals surface area contributed by atoms with Crippen LogP contribution in [0, 0.1) is 0 Å². The Morgan fingerprint density at radius 1 is 1.03 bits per heavy atom. The van der Waals surface area contributed by atoms with Gasteiger partial charge in [-0.1, -0.05) is 60.1 Å². The number of aromatic nitrogens is 1. The van der Waals surface area contributed by atoms with Crippen molar-refractivity contribution in [3.63, 3.8) is 0 Å². The Morgan fingerprint density at radius 2 is 1.70 bits per heavy atom. The Labute approximate surface area is 195 Å². The Hall–Kier alpha value is -3.77. The number of amides is 1. The third-order valence-electron chi connectivity index (χ3n) is 6.09. The second kappa shape index (κ2) is 8.64. The number of benzene rings is 3. The first-order chi connectivity index (χ1) is 16.0. The smallest absolute Gasteiger partial charge is 0.407 e. The highest BCUT2D eigenvalue weighted by atomic mass is 35.5. The molecule has 1 aliphatic carbocycles. The maximum absolute atomic E-state index is 12.6. The molecule has 6 nitrogen and oxygen atoms in total. The van der Waals surface area contributed by atoms with Crippen molar-refractivity contribution < 1.29 is 19.4 Å². The number of nitrogens with one attached hydrogen (secondary N) is 2. The summed E-state index contributed by atoms with van der Waals surface area (Å²) in [5.41, 5.74) is 6.04. The second-order valence-electron chi connectivity index (χ2n) is 8.07. The number of rotatable bonds is 6. The van der Waals surface area contributed by atoms with Crippen molar-refractivity contribution in [3.05, 3.63) is 94.6 Å². The van der Waals surface area contributed by atoms with Crippen LogP contribution in [0.3, 0.4) is 0 Å². The van der Waals surface area contributed by atoms with Gasteiger partial charge in [-0.05, 0) is 46.0 Å². The number of carbonyl (C=O) groups is 2. The molecular formula is C26H21ClN2O4. The summed E-state index contributed by atoms with van der Waals surface area (Å²) < 4.78 is 5.50. The molecule has 0 bridgehead atoms. The van der Waals surface area contributed by atoms with E-state index in [1.807, 2.05) is 42.5 Å². The number of halogens is 1. The van der Waals surface area contributed by atoms with Gasteiger partial charge < -0.3 is 20.1 Å². The van der Waals surface area contributed by atoms with Crippen molar-refractivity contribution in [3.8, 4) is 11.1 Å². The van der Waals surface area contributed by atoms with Crippen LogP contribution in [0.1, 0.15) is 22.6 Å². The number of hydrogen-bond acceptors (Lipinski definition) is 3. The van der Waals surface area contributed by atoms with Gasteiger partial charge in [-0.3, -0.25) is 0 Å². The summed E-state index contributed by atoms with van der Waals surface area (Å²) in [6, 6.07) is 20.3. The van der Waals surface area contributed by atoms with Gasteiger partial charge in [0.05, 0.1) is 0 Å². The van der Waals surface area contributed by atoms with E-state index < -0.39 is 18.1 Å². The number of ether oxygens (including phenoxy) is 1. The van der Waals surface area contributed by atoms with Crippen LogP contribution < -0.4 is 5.32 Å². The zero-order valence-electron chi connectivity index (χ0n) is 17.5. The van der Waals surface area contributed by atoms with E-state index in [1.165, 1.54) is 0 Å². The van der Waals surface area contributed by atoms with Crippen LogP contribution >= 0.6 is 11.6 Å². The molecule has 3 aromatic carbocycles. The fourth-order valence-corrected chi connectivity index (χ4v) is 4.69. The van der Waals surface area contributed by atoms with Crippen molar-refractivity contribution in [2.45, 2.75) is 18.4 Å².